The highest BCUT2D eigenvalue weighted by molar-refractivity contribution is 6.31. The molecule has 26 heavy (non-hydrogen) atoms. The monoisotopic (exact) mass is 368 g/mol. The first-order valence-electron chi connectivity index (χ1n) is 8.30. The second-order valence-corrected chi connectivity index (χ2v) is 6.39. The van der Waals surface area contributed by atoms with Gasteiger partial charge < -0.3 is 15.4 Å². The van der Waals surface area contributed by atoms with Crippen LogP contribution in [0.15, 0.2) is 48.5 Å². The fraction of sp³-hybridized carbons (Fsp3) is 0.200. The number of rotatable bonds is 6. The summed E-state index contributed by atoms with van der Waals surface area (Å²) in [6.07, 6.45) is 0. The van der Waals surface area contributed by atoms with Crippen molar-refractivity contribution in [2.75, 3.05) is 17.7 Å². The van der Waals surface area contributed by atoms with Gasteiger partial charge in [-0.2, -0.15) is 4.98 Å². The van der Waals surface area contributed by atoms with E-state index in [2.05, 4.69) is 32.7 Å². The predicted octanol–water partition coefficient (Wildman–Crippen LogP) is 5.11. The molecular formula is C20H21ClN4O. The molecule has 0 amide bonds. The maximum absolute atomic E-state index is 6.17. The van der Waals surface area contributed by atoms with Gasteiger partial charge >= 0.3 is 0 Å². The van der Waals surface area contributed by atoms with Gasteiger partial charge in [-0.05, 0) is 31.0 Å². The Bertz CT molecular complexity index is 900. The van der Waals surface area contributed by atoms with Gasteiger partial charge in [0.25, 0.3) is 0 Å². The zero-order chi connectivity index (χ0) is 18.5. The molecule has 0 radical (unpaired) electrons. The van der Waals surface area contributed by atoms with E-state index in [-0.39, 0.29) is 0 Å². The van der Waals surface area contributed by atoms with Gasteiger partial charge in [0.1, 0.15) is 11.6 Å². The minimum absolute atomic E-state index is 0.501. The summed E-state index contributed by atoms with van der Waals surface area (Å²) >= 11 is 6.17. The van der Waals surface area contributed by atoms with Crippen molar-refractivity contribution in [3.05, 3.63) is 70.4 Å². The molecule has 0 spiro atoms. The smallest absolute Gasteiger partial charge is 0.229 e. The van der Waals surface area contributed by atoms with Crippen LogP contribution in [0.25, 0.3) is 0 Å². The van der Waals surface area contributed by atoms with E-state index in [9.17, 15) is 0 Å². The third-order valence-corrected chi connectivity index (χ3v) is 4.31. The van der Waals surface area contributed by atoms with Crippen LogP contribution in [0.5, 0.6) is 5.75 Å². The molecule has 0 aliphatic carbocycles. The summed E-state index contributed by atoms with van der Waals surface area (Å²) in [5.41, 5.74) is 3.77. The topological polar surface area (TPSA) is 59.1 Å². The number of halogens is 1. The molecule has 3 aromatic rings. The van der Waals surface area contributed by atoms with E-state index < -0.39 is 0 Å². The molecule has 6 heteroatoms. The molecule has 0 unspecified atom stereocenters. The van der Waals surface area contributed by atoms with E-state index in [1.165, 1.54) is 5.56 Å². The molecule has 134 valence electrons. The van der Waals surface area contributed by atoms with E-state index in [4.69, 9.17) is 16.3 Å². The molecule has 0 bridgehead atoms. The summed E-state index contributed by atoms with van der Waals surface area (Å²) in [4.78, 5) is 9.01. The van der Waals surface area contributed by atoms with Crippen molar-refractivity contribution >= 4 is 29.1 Å². The molecule has 0 aliphatic rings. The Kier molecular flexibility index (Phi) is 5.58. The molecule has 0 saturated carbocycles. The Morgan fingerprint density at radius 1 is 1.04 bits per heavy atom. The van der Waals surface area contributed by atoms with Crippen LogP contribution in [0.2, 0.25) is 5.02 Å². The summed E-state index contributed by atoms with van der Waals surface area (Å²) in [6.45, 7) is 4.57. The number of nitrogens with one attached hydrogen (secondary N) is 2. The Balaban J connectivity index is 1.81. The van der Waals surface area contributed by atoms with E-state index in [0.29, 0.717) is 23.3 Å². The van der Waals surface area contributed by atoms with Gasteiger partial charge in [0.15, 0.2) is 0 Å². The molecule has 0 aliphatic heterocycles. The van der Waals surface area contributed by atoms with Crippen molar-refractivity contribution in [1.82, 2.24) is 9.97 Å². The number of benzene rings is 2. The lowest BCUT2D eigenvalue weighted by atomic mass is 10.2. The van der Waals surface area contributed by atoms with Crippen molar-refractivity contribution in [2.24, 2.45) is 0 Å². The van der Waals surface area contributed by atoms with Crippen LogP contribution in [0.4, 0.5) is 17.5 Å². The Morgan fingerprint density at radius 2 is 1.81 bits per heavy atom. The van der Waals surface area contributed by atoms with Crippen LogP contribution in [0.1, 0.15) is 16.8 Å². The Hall–Kier alpha value is -2.79. The second-order valence-electron chi connectivity index (χ2n) is 5.98. The lowest BCUT2D eigenvalue weighted by molar-refractivity contribution is 0.416. The summed E-state index contributed by atoms with van der Waals surface area (Å²) in [5, 5.41) is 7.21. The number of aryl methyl sites for hydroxylation is 2. The van der Waals surface area contributed by atoms with Crippen LogP contribution in [-0.4, -0.2) is 17.1 Å². The number of ether oxygens (including phenoxy) is 1. The quantitative estimate of drug-likeness (QED) is 0.633. The van der Waals surface area contributed by atoms with Gasteiger partial charge in [-0.15, -0.1) is 0 Å². The first-order chi connectivity index (χ1) is 12.5. The van der Waals surface area contributed by atoms with Gasteiger partial charge in [-0.3, -0.25) is 0 Å². The number of hydrogen-bond acceptors (Lipinski definition) is 5. The van der Waals surface area contributed by atoms with E-state index >= 15 is 0 Å². The van der Waals surface area contributed by atoms with Crippen LogP contribution in [0.3, 0.4) is 0 Å². The fourth-order valence-corrected chi connectivity index (χ4v) is 2.71. The van der Waals surface area contributed by atoms with Gasteiger partial charge in [0.05, 0.1) is 12.8 Å². The van der Waals surface area contributed by atoms with Crippen LogP contribution < -0.4 is 15.4 Å². The van der Waals surface area contributed by atoms with Gasteiger partial charge in [-0.25, -0.2) is 4.98 Å². The maximum atomic E-state index is 6.17. The van der Waals surface area contributed by atoms with Gasteiger partial charge in [0, 0.05) is 29.4 Å². The van der Waals surface area contributed by atoms with E-state index in [1.54, 1.807) is 13.2 Å². The van der Waals surface area contributed by atoms with Crippen molar-refractivity contribution < 1.29 is 4.74 Å². The molecule has 1 heterocycles. The Morgan fingerprint density at radius 3 is 2.54 bits per heavy atom. The minimum Gasteiger partial charge on any atom is -0.495 e. The van der Waals surface area contributed by atoms with Crippen molar-refractivity contribution in [1.29, 1.82) is 0 Å². The molecule has 3 rings (SSSR count). The third-order valence-electron chi connectivity index (χ3n) is 3.90. The number of aromatic nitrogens is 2. The van der Waals surface area contributed by atoms with Gasteiger partial charge in [-0.1, -0.05) is 41.9 Å². The van der Waals surface area contributed by atoms with Crippen LogP contribution in [0, 0.1) is 13.8 Å². The van der Waals surface area contributed by atoms with E-state index in [0.717, 1.165) is 22.8 Å². The lowest BCUT2D eigenvalue weighted by Crippen LogP contribution is -2.06. The lowest BCUT2D eigenvalue weighted by Gasteiger charge is -2.14. The average molecular weight is 369 g/mol. The normalized spacial score (nSPS) is 10.5. The molecular weight excluding hydrogens is 348 g/mol. The van der Waals surface area contributed by atoms with E-state index in [1.807, 2.05) is 44.2 Å². The van der Waals surface area contributed by atoms with Crippen LogP contribution >= 0.6 is 11.6 Å². The first-order valence-corrected chi connectivity index (χ1v) is 8.67. The third kappa shape index (κ3) is 4.43. The summed E-state index contributed by atoms with van der Waals surface area (Å²) < 4.78 is 5.40. The molecule has 0 atom stereocenters. The summed E-state index contributed by atoms with van der Waals surface area (Å²) in [5.74, 6) is 1.90. The fourth-order valence-electron chi connectivity index (χ4n) is 2.55. The molecule has 0 saturated heterocycles. The highest BCUT2D eigenvalue weighted by Gasteiger charge is 2.10. The zero-order valence-electron chi connectivity index (χ0n) is 15.0. The maximum Gasteiger partial charge on any atom is 0.229 e. The highest BCUT2D eigenvalue weighted by Crippen LogP contribution is 2.32. The first kappa shape index (κ1) is 18.0. The van der Waals surface area contributed by atoms with Gasteiger partial charge in [0.2, 0.25) is 5.95 Å². The number of hydrogen-bond donors (Lipinski definition) is 2. The van der Waals surface area contributed by atoms with Crippen molar-refractivity contribution in [3.63, 3.8) is 0 Å². The van der Waals surface area contributed by atoms with Crippen molar-refractivity contribution in [3.8, 4) is 5.75 Å². The van der Waals surface area contributed by atoms with Crippen molar-refractivity contribution in [2.45, 2.75) is 20.4 Å². The highest BCUT2D eigenvalue weighted by atomic mass is 35.5. The number of nitrogens with zero attached hydrogens (tertiary/aromatic N) is 2. The summed E-state index contributed by atoms with van der Waals surface area (Å²) in [6, 6.07) is 15.8. The molecule has 0 fully saturated rings. The number of methoxy groups -OCH3 is 1. The molecule has 2 N–H and O–H groups in total. The SMILES string of the molecule is COc1cc(Cl)c(C)cc1Nc1nc(C)cc(NCc2ccccc2)n1. The minimum atomic E-state index is 0.501. The average Bonchev–Trinajstić information content (AvgIpc) is 2.63. The summed E-state index contributed by atoms with van der Waals surface area (Å²) in [7, 11) is 1.61. The Labute approximate surface area is 158 Å². The largest absolute Gasteiger partial charge is 0.495 e. The molecule has 1 aromatic heterocycles. The second kappa shape index (κ2) is 8.06. The predicted molar refractivity (Wildman–Crippen MR) is 107 cm³/mol. The molecule has 5 nitrogen and oxygen atoms in total. The van der Waals surface area contributed by atoms with Crippen LogP contribution in [-0.2, 0) is 6.54 Å². The number of anilines is 3. The standard InChI is InChI=1S/C20H21ClN4O/c1-13-9-17(18(26-3)11-16(13)21)24-20-23-14(2)10-19(25-20)22-12-15-7-5-4-6-8-15/h4-11H,12H2,1-3H3,(H2,22,23,24,25). The molecule has 2 aromatic carbocycles. The zero-order valence-corrected chi connectivity index (χ0v) is 15.8.